The zero-order valence-electron chi connectivity index (χ0n) is 9.75. The molecule has 0 bridgehead atoms. The Bertz CT molecular complexity index is 336. The zero-order valence-corrected chi connectivity index (χ0v) is 11.3. The number of nitrogens with one attached hydrogen (secondary N) is 1. The van der Waals surface area contributed by atoms with Crippen molar-refractivity contribution in [3.05, 3.63) is 23.7 Å². The van der Waals surface area contributed by atoms with Crippen LogP contribution in [0.2, 0.25) is 0 Å². The van der Waals surface area contributed by atoms with Crippen LogP contribution in [0.3, 0.4) is 0 Å². The van der Waals surface area contributed by atoms with Crippen molar-refractivity contribution in [2.24, 2.45) is 5.92 Å². The molecule has 0 radical (unpaired) electrons. The lowest BCUT2D eigenvalue weighted by Crippen LogP contribution is -2.28. The van der Waals surface area contributed by atoms with Gasteiger partial charge in [-0.25, -0.2) is 0 Å². The van der Waals surface area contributed by atoms with E-state index in [-0.39, 0.29) is 5.91 Å². The van der Waals surface area contributed by atoms with E-state index < -0.39 is 0 Å². The van der Waals surface area contributed by atoms with Crippen LogP contribution in [0.1, 0.15) is 36.6 Å². The normalized spacial score (nSPS) is 12.4. The molecule has 1 amide bonds. The Kier molecular flexibility index (Phi) is 5.60. The fourth-order valence-electron chi connectivity index (χ4n) is 1.33. The van der Waals surface area contributed by atoms with Gasteiger partial charge in [0.2, 0.25) is 0 Å². The van der Waals surface area contributed by atoms with Crippen LogP contribution in [0.25, 0.3) is 0 Å². The van der Waals surface area contributed by atoms with Crippen LogP contribution in [-0.4, -0.2) is 17.8 Å². The van der Waals surface area contributed by atoms with Crippen LogP contribution < -0.4 is 5.32 Å². The first-order chi connectivity index (χ1) is 7.67. The smallest absolute Gasteiger partial charge is 0.287 e. The van der Waals surface area contributed by atoms with E-state index in [0.717, 1.165) is 23.9 Å². The van der Waals surface area contributed by atoms with Gasteiger partial charge in [-0.1, -0.05) is 29.8 Å². The SMILES string of the molecule is CCc1ccc(C(=O)NCC(C)CCBr)o1. The summed E-state index contributed by atoms with van der Waals surface area (Å²) in [5.74, 6) is 1.60. The summed E-state index contributed by atoms with van der Waals surface area (Å²) < 4.78 is 5.37. The third kappa shape index (κ3) is 4.00. The number of rotatable bonds is 6. The van der Waals surface area contributed by atoms with Gasteiger partial charge < -0.3 is 9.73 Å². The first kappa shape index (κ1) is 13.3. The summed E-state index contributed by atoms with van der Waals surface area (Å²) in [5, 5.41) is 3.83. The van der Waals surface area contributed by atoms with Gasteiger partial charge in [0.1, 0.15) is 5.76 Å². The molecule has 16 heavy (non-hydrogen) atoms. The molecule has 1 rings (SSSR count). The molecule has 4 heteroatoms. The largest absolute Gasteiger partial charge is 0.456 e. The Morgan fingerprint density at radius 3 is 2.88 bits per heavy atom. The van der Waals surface area contributed by atoms with Crippen LogP contribution in [0, 0.1) is 5.92 Å². The van der Waals surface area contributed by atoms with E-state index in [9.17, 15) is 4.79 Å². The summed E-state index contributed by atoms with van der Waals surface area (Å²) >= 11 is 3.38. The molecule has 0 spiro atoms. The molecule has 90 valence electrons. The molecule has 0 saturated heterocycles. The summed E-state index contributed by atoms with van der Waals surface area (Å²) in [4.78, 5) is 11.7. The monoisotopic (exact) mass is 287 g/mol. The highest BCUT2D eigenvalue weighted by molar-refractivity contribution is 9.09. The van der Waals surface area contributed by atoms with Crippen molar-refractivity contribution < 1.29 is 9.21 Å². The number of hydrogen-bond donors (Lipinski definition) is 1. The number of halogens is 1. The fourth-order valence-corrected chi connectivity index (χ4v) is 2.11. The molecule has 1 aromatic rings. The first-order valence-electron chi connectivity index (χ1n) is 5.60. The molecule has 0 fully saturated rings. The van der Waals surface area contributed by atoms with Gasteiger partial charge in [0.15, 0.2) is 5.76 Å². The van der Waals surface area contributed by atoms with E-state index in [4.69, 9.17) is 4.42 Å². The molecule has 0 aliphatic rings. The molecule has 0 aliphatic heterocycles. The molecule has 0 aliphatic carbocycles. The molecule has 0 aromatic carbocycles. The number of aryl methyl sites for hydroxylation is 1. The average molecular weight is 288 g/mol. The lowest BCUT2D eigenvalue weighted by molar-refractivity contribution is 0.0918. The van der Waals surface area contributed by atoms with E-state index in [1.807, 2.05) is 13.0 Å². The summed E-state index contributed by atoms with van der Waals surface area (Å²) in [5.41, 5.74) is 0. The van der Waals surface area contributed by atoms with E-state index in [1.54, 1.807) is 6.07 Å². The van der Waals surface area contributed by atoms with Crippen molar-refractivity contribution in [2.45, 2.75) is 26.7 Å². The predicted octanol–water partition coefficient (Wildman–Crippen LogP) is 2.99. The maximum absolute atomic E-state index is 11.7. The number of carbonyl (C=O) groups excluding carboxylic acids is 1. The van der Waals surface area contributed by atoms with Gasteiger partial charge >= 0.3 is 0 Å². The highest BCUT2D eigenvalue weighted by atomic mass is 79.9. The van der Waals surface area contributed by atoms with Crippen molar-refractivity contribution >= 4 is 21.8 Å². The Morgan fingerprint density at radius 2 is 2.31 bits per heavy atom. The zero-order chi connectivity index (χ0) is 12.0. The lowest BCUT2D eigenvalue weighted by atomic mass is 10.1. The van der Waals surface area contributed by atoms with Crippen molar-refractivity contribution in [3.8, 4) is 0 Å². The second kappa shape index (κ2) is 6.74. The third-order valence-corrected chi connectivity index (χ3v) is 2.90. The van der Waals surface area contributed by atoms with E-state index >= 15 is 0 Å². The molecule has 1 heterocycles. The van der Waals surface area contributed by atoms with Crippen LogP contribution in [-0.2, 0) is 6.42 Å². The minimum Gasteiger partial charge on any atom is -0.456 e. The van der Waals surface area contributed by atoms with Gasteiger partial charge in [-0.3, -0.25) is 4.79 Å². The molecule has 0 saturated carbocycles. The standard InChI is InChI=1S/C12H18BrNO2/c1-3-10-4-5-11(16-10)12(15)14-8-9(2)6-7-13/h4-5,9H,3,6-8H2,1-2H3,(H,14,15). The topological polar surface area (TPSA) is 42.2 Å². The number of carbonyl (C=O) groups is 1. The summed E-state index contributed by atoms with van der Waals surface area (Å²) in [6.07, 6.45) is 1.87. The number of alkyl halides is 1. The van der Waals surface area contributed by atoms with Crippen molar-refractivity contribution in [1.29, 1.82) is 0 Å². The van der Waals surface area contributed by atoms with E-state index in [0.29, 0.717) is 18.2 Å². The minimum absolute atomic E-state index is 0.124. The van der Waals surface area contributed by atoms with Crippen molar-refractivity contribution in [2.75, 3.05) is 11.9 Å². The highest BCUT2D eigenvalue weighted by Gasteiger charge is 2.11. The Labute approximate surface area is 105 Å². The quantitative estimate of drug-likeness (QED) is 0.818. The molecular formula is C12H18BrNO2. The second-order valence-electron chi connectivity index (χ2n) is 3.91. The average Bonchev–Trinajstić information content (AvgIpc) is 2.75. The van der Waals surface area contributed by atoms with Gasteiger partial charge in [0, 0.05) is 18.3 Å². The maximum atomic E-state index is 11.7. The van der Waals surface area contributed by atoms with Crippen LogP contribution >= 0.6 is 15.9 Å². The summed E-state index contributed by atoms with van der Waals surface area (Å²) in [6, 6.07) is 3.57. The predicted molar refractivity (Wildman–Crippen MR) is 68.0 cm³/mol. The minimum atomic E-state index is -0.124. The molecular weight excluding hydrogens is 270 g/mol. The van der Waals surface area contributed by atoms with Crippen molar-refractivity contribution in [3.63, 3.8) is 0 Å². The molecule has 3 nitrogen and oxygen atoms in total. The second-order valence-corrected chi connectivity index (χ2v) is 4.71. The molecule has 1 atom stereocenters. The number of furan rings is 1. The third-order valence-electron chi connectivity index (χ3n) is 2.45. The van der Waals surface area contributed by atoms with Gasteiger partial charge in [-0.05, 0) is 24.5 Å². The molecule has 1 N–H and O–H groups in total. The van der Waals surface area contributed by atoms with Gasteiger partial charge in [0.05, 0.1) is 0 Å². The van der Waals surface area contributed by atoms with Gasteiger partial charge in [-0.15, -0.1) is 0 Å². The number of amides is 1. The van der Waals surface area contributed by atoms with Gasteiger partial charge in [0.25, 0.3) is 5.91 Å². The first-order valence-corrected chi connectivity index (χ1v) is 6.72. The molecule has 1 unspecified atom stereocenters. The molecule has 1 aromatic heterocycles. The van der Waals surface area contributed by atoms with E-state index in [1.165, 1.54) is 0 Å². The van der Waals surface area contributed by atoms with Crippen molar-refractivity contribution in [1.82, 2.24) is 5.32 Å². The summed E-state index contributed by atoms with van der Waals surface area (Å²) in [6.45, 7) is 4.80. The van der Waals surface area contributed by atoms with Gasteiger partial charge in [-0.2, -0.15) is 0 Å². The lowest BCUT2D eigenvalue weighted by Gasteiger charge is -2.09. The summed E-state index contributed by atoms with van der Waals surface area (Å²) in [7, 11) is 0. The number of hydrogen-bond acceptors (Lipinski definition) is 2. The Hall–Kier alpha value is -0.770. The Morgan fingerprint density at radius 1 is 1.56 bits per heavy atom. The maximum Gasteiger partial charge on any atom is 0.287 e. The van der Waals surface area contributed by atoms with Crippen LogP contribution in [0.5, 0.6) is 0 Å². The fraction of sp³-hybridized carbons (Fsp3) is 0.583. The van der Waals surface area contributed by atoms with E-state index in [2.05, 4.69) is 28.2 Å². The van der Waals surface area contributed by atoms with Crippen LogP contribution in [0.4, 0.5) is 0 Å². The Balaban J connectivity index is 2.40. The highest BCUT2D eigenvalue weighted by Crippen LogP contribution is 2.09. The van der Waals surface area contributed by atoms with Crippen LogP contribution in [0.15, 0.2) is 16.5 Å².